The van der Waals surface area contributed by atoms with Crippen LogP contribution in [0.25, 0.3) is 11.4 Å². The summed E-state index contributed by atoms with van der Waals surface area (Å²) in [6.45, 7) is 2.48. The summed E-state index contributed by atoms with van der Waals surface area (Å²) in [6, 6.07) is 9.66. The fourth-order valence-corrected chi connectivity index (χ4v) is 2.97. The molecule has 1 fully saturated rings. The molecule has 0 N–H and O–H groups in total. The van der Waals surface area contributed by atoms with Crippen molar-refractivity contribution in [2.45, 2.75) is 19.2 Å². The van der Waals surface area contributed by atoms with Crippen LogP contribution in [0.4, 0.5) is 5.95 Å². The van der Waals surface area contributed by atoms with Crippen molar-refractivity contribution >= 4 is 17.6 Å². The summed E-state index contributed by atoms with van der Waals surface area (Å²) in [5.41, 5.74) is -0.228. The van der Waals surface area contributed by atoms with Gasteiger partial charge in [-0.15, -0.1) is 5.10 Å². The lowest BCUT2D eigenvalue weighted by molar-refractivity contribution is -0.117. The van der Waals surface area contributed by atoms with Gasteiger partial charge in [0.25, 0.3) is 11.9 Å². The maximum Gasteiger partial charge on any atom is 0.258 e. The highest BCUT2D eigenvalue weighted by Crippen LogP contribution is 2.34. The molecule has 126 valence electrons. The van der Waals surface area contributed by atoms with Crippen LogP contribution >= 0.6 is 0 Å². The minimum Gasteiger partial charge on any atom is -0.338 e. The van der Waals surface area contributed by atoms with Crippen LogP contribution in [0.3, 0.4) is 0 Å². The van der Waals surface area contributed by atoms with E-state index in [2.05, 4.69) is 10.1 Å². The van der Waals surface area contributed by atoms with Crippen LogP contribution in [0.1, 0.15) is 6.92 Å². The summed E-state index contributed by atoms with van der Waals surface area (Å²) in [6.07, 6.45) is 5.91. The number of ketones is 1. The number of hydrogen-bond acceptors (Lipinski definition) is 5. The minimum atomic E-state index is -1.14. The molecule has 0 atom stereocenters. The summed E-state index contributed by atoms with van der Waals surface area (Å²) in [5.74, 6) is 0.529. The molecule has 7 nitrogen and oxygen atoms in total. The van der Waals surface area contributed by atoms with Crippen LogP contribution in [0, 0.1) is 0 Å². The Morgan fingerprint density at radius 3 is 2.56 bits per heavy atom. The average molecular weight is 336 g/mol. The molecule has 1 aliphatic carbocycles. The van der Waals surface area contributed by atoms with Gasteiger partial charge in [0, 0.05) is 12.1 Å². The number of benzene rings is 1. The molecule has 2 aliphatic rings. The summed E-state index contributed by atoms with van der Waals surface area (Å²) in [5, 5.41) is 4.48. The first-order valence-electron chi connectivity index (χ1n) is 8.03. The lowest BCUT2D eigenvalue weighted by Crippen LogP contribution is -2.45. The van der Waals surface area contributed by atoms with E-state index >= 15 is 0 Å². The number of nitrogens with zero attached hydrogens (tertiary/aromatic N) is 4. The number of ether oxygens (including phenoxy) is 1. The third kappa shape index (κ3) is 2.49. The molecular weight excluding hydrogens is 320 g/mol. The number of carbonyl (C=O) groups is 2. The highest BCUT2D eigenvalue weighted by molar-refractivity contribution is 6.03. The monoisotopic (exact) mass is 336 g/mol. The molecule has 1 spiro atoms. The molecule has 0 unspecified atom stereocenters. The molecule has 25 heavy (non-hydrogen) atoms. The first-order valence-corrected chi connectivity index (χ1v) is 8.03. The topological polar surface area (TPSA) is 77.3 Å². The van der Waals surface area contributed by atoms with E-state index in [1.807, 2.05) is 37.3 Å². The molecule has 7 heteroatoms. The van der Waals surface area contributed by atoms with Crippen molar-refractivity contribution in [1.82, 2.24) is 14.8 Å². The maximum absolute atomic E-state index is 12.4. The number of anilines is 1. The largest absolute Gasteiger partial charge is 0.338 e. The Balaban J connectivity index is 1.80. The van der Waals surface area contributed by atoms with Gasteiger partial charge in [-0.1, -0.05) is 30.3 Å². The predicted molar refractivity (Wildman–Crippen MR) is 90.6 cm³/mol. The Hall–Kier alpha value is -3.06. The van der Waals surface area contributed by atoms with Crippen molar-refractivity contribution < 1.29 is 14.3 Å². The van der Waals surface area contributed by atoms with E-state index in [1.165, 1.54) is 17.1 Å². The molecule has 1 aromatic heterocycles. The molecule has 2 heterocycles. The van der Waals surface area contributed by atoms with Gasteiger partial charge >= 0.3 is 0 Å². The molecular formula is C18H16N4O3. The SMILES string of the molecule is CCn1nc(N2C(=O)COC23C=CC(=O)C=C3)nc1-c1ccccc1. The molecule has 4 rings (SSSR count). The van der Waals surface area contributed by atoms with Gasteiger partial charge in [-0.05, 0) is 31.2 Å². The van der Waals surface area contributed by atoms with Gasteiger partial charge in [0.05, 0.1) is 0 Å². The average Bonchev–Trinajstić information content (AvgIpc) is 3.20. The van der Waals surface area contributed by atoms with Crippen molar-refractivity contribution in [2.75, 3.05) is 11.5 Å². The standard InChI is InChI=1S/C18H16N4O3/c1-2-21-16(13-6-4-3-5-7-13)19-17(20-21)22-15(24)12-25-18(22)10-8-14(23)9-11-18/h3-11H,2,12H2,1H3. The van der Waals surface area contributed by atoms with Crippen molar-refractivity contribution in [3.8, 4) is 11.4 Å². The second kappa shape index (κ2) is 5.78. The number of aryl methyl sites for hydroxylation is 1. The zero-order chi connectivity index (χ0) is 17.4. The van der Waals surface area contributed by atoms with Crippen LogP contribution in [-0.4, -0.2) is 38.8 Å². The van der Waals surface area contributed by atoms with Crippen LogP contribution in [0.5, 0.6) is 0 Å². The molecule has 1 aromatic carbocycles. The maximum atomic E-state index is 12.4. The van der Waals surface area contributed by atoms with Crippen molar-refractivity contribution in [3.05, 3.63) is 54.6 Å². The van der Waals surface area contributed by atoms with Gasteiger partial charge in [-0.25, -0.2) is 9.58 Å². The third-order valence-electron chi connectivity index (χ3n) is 4.19. The normalized spacial score (nSPS) is 18.5. The first kappa shape index (κ1) is 15.5. The van der Waals surface area contributed by atoms with Gasteiger partial charge in [0.1, 0.15) is 6.61 Å². The van der Waals surface area contributed by atoms with Gasteiger partial charge in [-0.2, -0.15) is 4.98 Å². The van der Waals surface area contributed by atoms with E-state index in [9.17, 15) is 9.59 Å². The third-order valence-corrected chi connectivity index (χ3v) is 4.19. The Kier molecular flexibility index (Phi) is 3.58. The Bertz CT molecular complexity index is 882. The van der Waals surface area contributed by atoms with E-state index in [1.54, 1.807) is 16.8 Å². The fourth-order valence-electron chi connectivity index (χ4n) is 2.97. The van der Waals surface area contributed by atoms with Crippen LogP contribution < -0.4 is 4.90 Å². The van der Waals surface area contributed by atoms with Crippen LogP contribution in [0.2, 0.25) is 0 Å². The van der Waals surface area contributed by atoms with Gasteiger partial charge in [-0.3, -0.25) is 9.59 Å². The summed E-state index contributed by atoms with van der Waals surface area (Å²) < 4.78 is 7.40. The molecule has 1 saturated heterocycles. The molecule has 1 amide bonds. The second-order valence-corrected chi connectivity index (χ2v) is 5.76. The second-order valence-electron chi connectivity index (χ2n) is 5.76. The van der Waals surface area contributed by atoms with E-state index in [4.69, 9.17) is 4.74 Å². The number of aromatic nitrogens is 3. The van der Waals surface area contributed by atoms with E-state index in [0.29, 0.717) is 12.4 Å². The van der Waals surface area contributed by atoms with Crippen molar-refractivity contribution in [2.24, 2.45) is 0 Å². The summed E-state index contributed by atoms with van der Waals surface area (Å²) >= 11 is 0. The van der Waals surface area contributed by atoms with Crippen LogP contribution in [0.15, 0.2) is 54.6 Å². The first-order chi connectivity index (χ1) is 12.1. The Labute approximate surface area is 144 Å². The molecule has 0 radical (unpaired) electrons. The summed E-state index contributed by atoms with van der Waals surface area (Å²) in [7, 11) is 0. The fraction of sp³-hybridized carbons (Fsp3) is 0.222. The lowest BCUT2D eigenvalue weighted by Gasteiger charge is -2.30. The lowest BCUT2D eigenvalue weighted by atomic mass is 10.1. The highest BCUT2D eigenvalue weighted by Gasteiger charge is 2.47. The van der Waals surface area contributed by atoms with E-state index in [0.717, 1.165) is 5.56 Å². The van der Waals surface area contributed by atoms with E-state index in [-0.39, 0.29) is 24.2 Å². The number of hydrogen-bond donors (Lipinski definition) is 0. The van der Waals surface area contributed by atoms with E-state index < -0.39 is 5.72 Å². The van der Waals surface area contributed by atoms with Crippen LogP contribution in [-0.2, 0) is 20.9 Å². The number of amides is 1. The predicted octanol–water partition coefficient (Wildman–Crippen LogP) is 1.72. The molecule has 0 saturated carbocycles. The molecule has 2 aromatic rings. The number of rotatable bonds is 3. The Morgan fingerprint density at radius 1 is 1.16 bits per heavy atom. The van der Waals surface area contributed by atoms with Crippen molar-refractivity contribution in [1.29, 1.82) is 0 Å². The molecule has 0 bridgehead atoms. The van der Waals surface area contributed by atoms with Gasteiger partial charge < -0.3 is 4.74 Å². The number of carbonyl (C=O) groups excluding carboxylic acids is 2. The number of allylic oxidation sites excluding steroid dienone is 2. The zero-order valence-corrected chi connectivity index (χ0v) is 13.6. The van der Waals surface area contributed by atoms with Gasteiger partial charge in [0.2, 0.25) is 0 Å². The highest BCUT2D eigenvalue weighted by atomic mass is 16.5. The van der Waals surface area contributed by atoms with Crippen molar-refractivity contribution in [3.63, 3.8) is 0 Å². The van der Waals surface area contributed by atoms with Gasteiger partial charge in [0.15, 0.2) is 17.3 Å². The Morgan fingerprint density at radius 2 is 1.88 bits per heavy atom. The smallest absolute Gasteiger partial charge is 0.258 e. The zero-order valence-electron chi connectivity index (χ0n) is 13.6. The quantitative estimate of drug-likeness (QED) is 0.853. The summed E-state index contributed by atoms with van der Waals surface area (Å²) in [4.78, 5) is 29.9. The minimum absolute atomic E-state index is 0.0930. The molecule has 1 aliphatic heterocycles.